The summed E-state index contributed by atoms with van der Waals surface area (Å²) in [6.45, 7) is 0. The second kappa shape index (κ2) is 4.61. The largest absolute Gasteiger partial charge is 0.354 e. The minimum Gasteiger partial charge on any atom is -0.354 e. The van der Waals surface area contributed by atoms with E-state index in [-0.39, 0.29) is 0 Å². The van der Waals surface area contributed by atoms with E-state index in [1.165, 1.54) is 0 Å². The van der Waals surface area contributed by atoms with Crippen LogP contribution in [0.25, 0.3) is 22.2 Å². The van der Waals surface area contributed by atoms with E-state index in [1.54, 1.807) is 0 Å². The van der Waals surface area contributed by atoms with Gasteiger partial charge in [0.2, 0.25) is 0 Å². The summed E-state index contributed by atoms with van der Waals surface area (Å²) in [6.07, 6.45) is 0. The van der Waals surface area contributed by atoms with Crippen LogP contribution in [0.3, 0.4) is 0 Å². The maximum atomic E-state index is 6.02. The quantitative estimate of drug-likeness (QED) is 0.567. The molecule has 0 atom stereocenters. The lowest BCUT2D eigenvalue weighted by Gasteiger charge is -2.00. The van der Waals surface area contributed by atoms with Gasteiger partial charge in [-0.25, -0.2) is 0 Å². The third-order valence-electron chi connectivity index (χ3n) is 2.83. The molecule has 0 aliphatic carbocycles. The van der Waals surface area contributed by atoms with Gasteiger partial charge in [0.15, 0.2) is 0 Å². The van der Waals surface area contributed by atoms with Crippen molar-refractivity contribution in [1.82, 2.24) is 4.98 Å². The second-order valence-corrected chi connectivity index (χ2v) is 5.69. The molecule has 0 bridgehead atoms. The molecule has 1 nitrogen and oxygen atoms in total. The first kappa shape index (κ1) is 12.1. The van der Waals surface area contributed by atoms with Gasteiger partial charge in [0.1, 0.15) is 0 Å². The SMILES string of the molecule is Clc1cc2cc(-c3ccccc3Br)[nH]c2cc1Cl. The van der Waals surface area contributed by atoms with Crippen LogP contribution in [0.4, 0.5) is 0 Å². The first-order valence-corrected chi connectivity index (χ1v) is 6.93. The van der Waals surface area contributed by atoms with Crippen molar-refractivity contribution < 1.29 is 0 Å². The predicted octanol–water partition coefficient (Wildman–Crippen LogP) is 5.90. The summed E-state index contributed by atoms with van der Waals surface area (Å²) < 4.78 is 1.05. The number of hydrogen-bond donors (Lipinski definition) is 1. The Labute approximate surface area is 123 Å². The number of halogens is 3. The van der Waals surface area contributed by atoms with Crippen LogP contribution < -0.4 is 0 Å². The standard InChI is InChI=1S/C14H8BrCl2N/c15-10-4-2-1-3-9(10)14-6-8-5-11(16)12(17)7-13(8)18-14/h1-7,18H. The summed E-state index contributed by atoms with van der Waals surface area (Å²) in [7, 11) is 0. The minimum atomic E-state index is 0.560. The number of hydrogen-bond acceptors (Lipinski definition) is 0. The Morgan fingerprint density at radius 2 is 1.67 bits per heavy atom. The molecule has 0 amide bonds. The third-order valence-corrected chi connectivity index (χ3v) is 4.24. The van der Waals surface area contributed by atoms with Gasteiger partial charge in [-0.05, 0) is 24.3 Å². The monoisotopic (exact) mass is 339 g/mol. The van der Waals surface area contributed by atoms with Gasteiger partial charge in [-0.15, -0.1) is 0 Å². The predicted molar refractivity (Wildman–Crippen MR) is 81.5 cm³/mol. The maximum Gasteiger partial charge on any atom is 0.0613 e. The highest BCUT2D eigenvalue weighted by molar-refractivity contribution is 9.10. The van der Waals surface area contributed by atoms with Crippen LogP contribution in [0, 0.1) is 0 Å². The smallest absolute Gasteiger partial charge is 0.0613 e. The molecule has 0 unspecified atom stereocenters. The molecule has 2 aromatic carbocycles. The molecule has 0 aliphatic rings. The number of fused-ring (bicyclic) bond motifs is 1. The van der Waals surface area contributed by atoms with Gasteiger partial charge in [0, 0.05) is 26.6 Å². The van der Waals surface area contributed by atoms with Crippen LogP contribution in [-0.2, 0) is 0 Å². The van der Waals surface area contributed by atoms with Gasteiger partial charge in [0.25, 0.3) is 0 Å². The van der Waals surface area contributed by atoms with Crippen molar-refractivity contribution in [1.29, 1.82) is 0 Å². The Morgan fingerprint density at radius 3 is 2.44 bits per heavy atom. The average molecular weight is 341 g/mol. The van der Waals surface area contributed by atoms with Crippen molar-refractivity contribution in [3.8, 4) is 11.3 Å². The highest BCUT2D eigenvalue weighted by atomic mass is 79.9. The molecular weight excluding hydrogens is 333 g/mol. The topological polar surface area (TPSA) is 15.8 Å². The molecule has 3 aromatic rings. The summed E-state index contributed by atoms with van der Waals surface area (Å²) in [5.41, 5.74) is 3.13. The first-order chi connectivity index (χ1) is 8.65. The van der Waals surface area contributed by atoms with Crippen molar-refractivity contribution in [3.05, 3.63) is 57.0 Å². The Bertz CT molecular complexity index is 695. The fourth-order valence-corrected chi connectivity index (χ4v) is 2.79. The number of nitrogens with one attached hydrogen (secondary N) is 1. The summed E-state index contributed by atoms with van der Waals surface area (Å²) in [5.74, 6) is 0. The fraction of sp³-hybridized carbons (Fsp3) is 0. The van der Waals surface area contributed by atoms with Crippen molar-refractivity contribution in [2.24, 2.45) is 0 Å². The van der Waals surface area contributed by atoms with E-state index in [9.17, 15) is 0 Å². The molecule has 0 fully saturated rings. The Hall–Kier alpha value is -0.960. The number of aromatic nitrogens is 1. The zero-order chi connectivity index (χ0) is 12.7. The van der Waals surface area contributed by atoms with Gasteiger partial charge < -0.3 is 4.98 Å². The van der Waals surface area contributed by atoms with E-state index >= 15 is 0 Å². The molecule has 18 heavy (non-hydrogen) atoms. The van der Waals surface area contributed by atoms with Crippen molar-refractivity contribution in [3.63, 3.8) is 0 Å². The normalized spacial score (nSPS) is 11.1. The summed E-state index contributed by atoms with van der Waals surface area (Å²) >= 11 is 15.6. The van der Waals surface area contributed by atoms with Gasteiger partial charge in [-0.3, -0.25) is 0 Å². The van der Waals surface area contributed by atoms with Crippen molar-refractivity contribution in [2.75, 3.05) is 0 Å². The van der Waals surface area contributed by atoms with E-state index in [2.05, 4.69) is 33.0 Å². The summed E-state index contributed by atoms with van der Waals surface area (Å²) in [5, 5.41) is 2.18. The second-order valence-electron chi connectivity index (χ2n) is 4.02. The molecule has 4 heteroatoms. The molecule has 1 aromatic heterocycles. The van der Waals surface area contributed by atoms with E-state index in [0.29, 0.717) is 10.0 Å². The van der Waals surface area contributed by atoms with Gasteiger partial charge in [-0.2, -0.15) is 0 Å². The highest BCUT2D eigenvalue weighted by Crippen LogP contribution is 2.33. The highest BCUT2D eigenvalue weighted by Gasteiger charge is 2.08. The molecule has 0 saturated heterocycles. The zero-order valence-electron chi connectivity index (χ0n) is 9.18. The lowest BCUT2D eigenvalue weighted by Crippen LogP contribution is -1.78. The molecule has 0 radical (unpaired) electrons. The van der Waals surface area contributed by atoms with Crippen LogP contribution in [-0.4, -0.2) is 4.98 Å². The number of aromatic amines is 1. The van der Waals surface area contributed by atoms with E-state index in [4.69, 9.17) is 23.2 Å². The summed E-state index contributed by atoms with van der Waals surface area (Å²) in [6, 6.07) is 13.8. The number of H-pyrrole nitrogens is 1. The van der Waals surface area contributed by atoms with E-state index in [0.717, 1.165) is 26.6 Å². The number of rotatable bonds is 1. The van der Waals surface area contributed by atoms with Crippen LogP contribution in [0.1, 0.15) is 0 Å². The van der Waals surface area contributed by atoms with Crippen LogP contribution in [0.15, 0.2) is 46.9 Å². The molecular formula is C14H8BrCl2N. The molecule has 1 heterocycles. The Morgan fingerprint density at radius 1 is 0.944 bits per heavy atom. The molecule has 0 aliphatic heterocycles. The van der Waals surface area contributed by atoms with Crippen LogP contribution >= 0.6 is 39.1 Å². The molecule has 1 N–H and O–H groups in total. The fourth-order valence-electron chi connectivity index (χ4n) is 1.95. The molecule has 90 valence electrons. The zero-order valence-corrected chi connectivity index (χ0v) is 12.3. The van der Waals surface area contributed by atoms with Gasteiger partial charge >= 0.3 is 0 Å². The van der Waals surface area contributed by atoms with Crippen molar-refractivity contribution in [2.45, 2.75) is 0 Å². The number of benzene rings is 2. The molecule has 0 spiro atoms. The molecule has 0 saturated carbocycles. The average Bonchev–Trinajstić information content (AvgIpc) is 2.73. The van der Waals surface area contributed by atoms with Crippen LogP contribution in [0.2, 0.25) is 10.0 Å². The minimum absolute atomic E-state index is 0.560. The third kappa shape index (κ3) is 2.05. The first-order valence-electron chi connectivity index (χ1n) is 5.38. The molecule has 3 rings (SSSR count). The lowest BCUT2D eigenvalue weighted by atomic mass is 10.1. The van der Waals surface area contributed by atoms with Crippen LogP contribution in [0.5, 0.6) is 0 Å². The summed E-state index contributed by atoms with van der Waals surface area (Å²) in [4.78, 5) is 3.35. The van der Waals surface area contributed by atoms with Gasteiger partial charge in [0.05, 0.1) is 10.0 Å². The lowest BCUT2D eigenvalue weighted by molar-refractivity contribution is 1.44. The maximum absolute atomic E-state index is 6.02. The van der Waals surface area contributed by atoms with E-state index < -0.39 is 0 Å². The Kier molecular flexibility index (Phi) is 3.10. The van der Waals surface area contributed by atoms with Gasteiger partial charge in [-0.1, -0.05) is 57.3 Å². The van der Waals surface area contributed by atoms with E-state index in [1.807, 2.05) is 30.3 Å². The Balaban J connectivity index is 2.23. The van der Waals surface area contributed by atoms with Crippen molar-refractivity contribution >= 4 is 50.0 Å².